The summed E-state index contributed by atoms with van der Waals surface area (Å²) in [6.07, 6.45) is 1.21. The van der Waals surface area contributed by atoms with Gasteiger partial charge in [0, 0.05) is 11.8 Å². The second kappa shape index (κ2) is 4.70. The van der Waals surface area contributed by atoms with E-state index in [1.807, 2.05) is 6.92 Å². The molecule has 6 heteroatoms. The van der Waals surface area contributed by atoms with Gasteiger partial charge in [-0.15, -0.1) is 0 Å². The number of hydrogen-bond acceptors (Lipinski definition) is 5. The molecule has 1 aromatic rings. The van der Waals surface area contributed by atoms with Crippen LogP contribution in [0.4, 0.5) is 0 Å². The molecule has 5 nitrogen and oxygen atoms in total. The molecule has 0 saturated heterocycles. The first-order valence-electron chi connectivity index (χ1n) is 5.74. The van der Waals surface area contributed by atoms with Crippen molar-refractivity contribution in [3.8, 4) is 0 Å². The Hall–Kier alpha value is -1.40. The van der Waals surface area contributed by atoms with E-state index in [2.05, 4.69) is 10.3 Å². The summed E-state index contributed by atoms with van der Waals surface area (Å²) in [7, 11) is -3.18. The average Bonchev–Trinajstić information content (AvgIpc) is 2.69. The van der Waals surface area contributed by atoms with E-state index in [0.29, 0.717) is 5.84 Å². The number of aliphatic imine (C=N–C) groups is 1. The fourth-order valence-corrected chi connectivity index (χ4v) is 2.47. The van der Waals surface area contributed by atoms with Gasteiger partial charge in [0.1, 0.15) is 5.84 Å². The summed E-state index contributed by atoms with van der Waals surface area (Å²) in [5.74, 6) is 0.606. The van der Waals surface area contributed by atoms with Gasteiger partial charge in [-0.2, -0.15) is 0 Å². The molecule has 2 atom stereocenters. The van der Waals surface area contributed by atoms with E-state index in [4.69, 9.17) is 0 Å². The number of aliphatic hydroxyl groups excluding tert-OH is 1. The molecule has 1 aliphatic heterocycles. The van der Waals surface area contributed by atoms with Crippen LogP contribution in [0.15, 0.2) is 34.2 Å². The SMILES string of the molecule is CCC1NC(c2ccc(S(C)(=O)=O)cc2)=NC1O. The van der Waals surface area contributed by atoms with Crippen molar-refractivity contribution in [3.63, 3.8) is 0 Å². The van der Waals surface area contributed by atoms with E-state index in [1.54, 1.807) is 24.3 Å². The van der Waals surface area contributed by atoms with Crippen molar-refractivity contribution in [1.82, 2.24) is 5.32 Å². The summed E-state index contributed by atoms with van der Waals surface area (Å²) >= 11 is 0. The maximum atomic E-state index is 11.3. The molecule has 0 spiro atoms. The Bertz CT molecular complexity index is 563. The van der Waals surface area contributed by atoms with E-state index in [-0.39, 0.29) is 10.9 Å². The summed E-state index contributed by atoms with van der Waals surface area (Å²) in [6, 6.07) is 6.38. The van der Waals surface area contributed by atoms with Gasteiger partial charge in [0.15, 0.2) is 16.1 Å². The fraction of sp³-hybridized carbons (Fsp3) is 0.417. The van der Waals surface area contributed by atoms with Gasteiger partial charge in [0.2, 0.25) is 0 Å². The minimum absolute atomic E-state index is 0.0745. The molecule has 1 aliphatic rings. The van der Waals surface area contributed by atoms with Crippen molar-refractivity contribution in [2.45, 2.75) is 30.5 Å². The van der Waals surface area contributed by atoms with E-state index in [0.717, 1.165) is 12.0 Å². The highest BCUT2D eigenvalue weighted by Gasteiger charge is 2.25. The van der Waals surface area contributed by atoms with Crippen LogP contribution in [-0.4, -0.2) is 37.9 Å². The van der Waals surface area contributed by atoms with Crippen molar-refractivity contribution < 1.29 is 13.5 Å². The third kappa shape index (κ3) is 2.54. The lowest BCUT2D eigenvalue weighted by Gasteiger charge is -2.11. The zero-order chi connectivity index (χ0) is 13.3. The van der Waals surface area contributed by atoms with Crippen LogP contribution in [-0.2, 0) is 9.84 Å². The molecular formula is C12H16N2O3S. The van der Waals surface area contributed by atoms with E-state index < -0.39 is 16.1 Å². The lowest BCUT2D eigenvalue weighted by atomic mass is 10.2. The van der Waals surface area contributed by atoms with Crippen LogP contribution in [0.3, 0.4) is 0 Å². The second-order valence-electron chi connectivity index (χ2n) is 4.35. The van der Waals surface area contributed by atoms with Crippen molar-refractivity contribution >= 4 is 15.7 Å². The van der Waals surface area contributed by atoms with E-state index >= 15 is 0 Å². The van der Waals surface area contributed by atoms with Crippen LogP contribution in [0.25, 0.3) is 0 Å². The summed E-state index contributed by atoms with van der Waals surface area (Å²) < 4.78 is 22.7. The third-order valence-corrected chi connectivity index (χ3v) is 4.07. The van der Waals surface area contributed by atoms with Gasteiger partial charge < -0.3 is 10.4 Å². The normalized spacial score (nSPS) is 23.6. The lowest BCUT2D eigenvalue weighted by molar-refractivity contribution is 0.156. The molecule has 2 N–H and O–H groups in total. The van der Waals surface area contributed by atoms with Crippen LogP contribution < -0.4 is 5.32 Å². The summed E-state index contributed by atoms with van der Waals surface area (Å²) in [4.78, 5) is 4.39. The van der Waals surface area contributed by atoms with Gasteiger partial charge >= 0.3 is 0 Å². The van der Waals surface area contributed by atoms with Gasteiger partial charge in [0.05, 0.1) is 10.9 Å². The van der Waals surface area contributed by atoms with E-state index in [9.17, 15) is 13.5 Å². The zero-order valence-corrected chi connectivity index (χ0v) is 11.1. The Kier molecular flexibility index (Phi) is 3.41. The molecule has 0 bridgehead atoms. The number of nitrogens with zero attached hydrogens (tertiary/aromatic N) is 1. The minimum Gasteiger partial charge on any atom is -0.370 e. The molecule has 0 fully saturated rings. The smallest absolute Gasteiger partial charge is 0.175 e. The number of aliphatic hydroxyl groups is 1. The first-order valence-corrected chi connectivity index (χ1v) is 7.64. The van der Waals surface area contributed by atoms with E-state index in [1.165, 1.54) is 6.26 Å². The monoisotopic (exact) mass is 268 g/mol. The molecule has 2 rings (SSSR count). The Balaban J connectivity index is 2.24. The lowest BCUT2D eigenvalue weighted by Crippen LogP contribution is -2.34. The molecule has 18 heavy (non-hydrogen) atoms. The number of amidine groups is 1. The standard InChI is InChI=1S/C12H16N2O3S/c1-3-10-12(15)14-11(13-10)8-4-6-9(7-5-8)18(2,16)17/h4-7,10,12,15H,3H2,1-2H3,(H,13,14). The van der Waals surface area contributed by atoms with Crippen LogP contribution >= 0.6 is 0 Å². The molecule has 0 amide bonds. The molecule has 1 aromatic carbocycles. The highest BCUT2D eigenvalue weighted by molar-refractivity contribution is 7.90. The van der Waals surface area contributed by atoms with Gasteiger partial charge in [-0.05, 0) is 30.7 Å². The highest BCUT2D eigenvalue weighted by Crippen LogP contribution is 2.15. The number of hydrogen-bond donors (Lipinski definition) is 2. The van der Waals surface area contributed by atoms with Crippen LogP contribution in [0.2, 0.25) is 0 Å². The molecule has 0 aromatic heterocycles. The third-order valence-electron chi connectivity index (χ3n) is 2.94. The minimum atomic E-state index is -3.18. The summed E-state index contributed by atoms with van der Waals surface area (Å²) in [5, 5.41) is 12.8. The number of sulfone groups is 1. The molecule has 0 aliphatic carbocycles. The van der Waals surface area contributed by atoms with Crippen molar-refractivity contribution in [1.29, 1.82) is 0 Å². The van der Waals surface area contributed by atoms with Crippen LogP contribution in [0.5, 0.6) is 0 Å². The molecular weight excluding hydrogens is 252 g/mol. The van der Waals surface area contributed by atoms with Gasteiger partial charge in [-0.1, -0.05) is 6.92 Å². The second-order valence-corrected chi connectivity index (χ2v) is 6.36. The Morgan fingerprint density at radius 1 is 1.33 bits per heavy atom. The van der Waals surface area contributed by atoms with Crippen molar-refractivity contribution in [2.24, 2.45) is 4.99 Å². The van der Waals surface area contributed by atoms with Gasteiger partial charge in [-0.3, -0.25) is 0 Å². The predicted octanol–water partition coefficient (Wildman–Crippen LogP) is 0.537. The Labute approximate surface area is 106 Å². The average molecular weight is 268 g/mol. The number of benzene rings is 1. The summed E-state index contributed by atoms with van der Waals surface area (Å²) in [6.45, 7) is 1.96. The maximum absolute atomic E-state index is 11.3. The number of rotatable bonds is 3. The molecule has 98 valence electrons. The topological polar surface area (TPSA) is 78.8 Å². The molecule has 2 unspecified atom stereocenters. The molecule has 1 heterocycles. The fourth-order valence-electron chi connectivity index (χ4n) is 1.84. The maximum Gasteiger partial charge on any atom is 0.175 e. The highest BCUT2D eigenvalue weighted by atomic mass is 32.2. The summed E-state index contributed by atoms with van der Waals surface area (Å²) in [5.41, 5.74) is 0.775. The first-order chi connectivity index (χ1) is 8.41. The molecule has 0 saturated carbocycles. The Morgan fingerprint density at radius 3 is 2.39 bits per heavy atom. The van der Waals surface area contributed by atoms with Crippen molar-refractivity contribution in [2.75, 3.05) is 6.26 Å². The van der Waals surface area contributed by atoms with Crippen molar-refractivity contribution in [3.05, 3.63) is 29.8 Å². The van der Waals surface area contributed by atoms with Crippen LogP contribution in [0.1, 0.15) is 18.9 Å². The Morgan fingerprint density at radius 2 is 1.94 bits per heavy atom. The number of nitrogens with one attached hydrogen (secondary N) is 1. The first kappa shape index (κ1) is 13.0. The molecule has 0 radical (unpaired) electrons. The predicted molar refractivity (Wildman–Crippen MR) is 69.3 cm³/mol. The largest absolute Gasteiger partial charge is 0.370 e. The zero-order valence-electron chi connectivity index (χ0n) is 10.3. The van der Waals surface area contributed by atoms with Crippen LogP contribution in [0, 0.1) is 0 Å². The van der Waals surface area contributed by atoms with Gasteiger partial charge in [0.25, 0.3) is 0 Å². The quantitative estimate of drug-likeness (QED) is 0.838. The van der Waals surface area contributed by atoms with Gasteiger partial charge in [-0.25, -0.2) is 13.4 Å².